The van der Waals surface area contributed by atoms with Gasteiger partial charge >= 0.3 is 0 Å². The molecule has 0 unspecified atom stereocenters. The smallest absolute Gasteiger partial charge is 0.142 e. The van der Waals surface area contributed by atoms with Crippen LogP contribution in [0.2, 0.25) is 0 Å². The standard InChI is InChI=1S/C9H12OS2/c1-6-4-7(11-2)9(10)8(5-6)12-3/h4-5,10H,1-3H3. The first-order valence-electron chi connectivity index (χ1n) is 3.60. The third-order valence-electron chi connectivity index (χ3n) is 1.62. The Morgan fingerprint density at radius 3 is 1.83 bits per heavy atom. The summed E-state index contributed by atoms with van der Waals surface area (Å²) in [6, 6.07) is 4.00. The predicted molar refractivity (Wildman–Crippen MR) is 56.4 cm³/mol. The molecule has 0 radical (unpaired) electrons. The van der Waals surface area contributed by atoms with Gasteiger partial charge in [-0.3, -0.25) is 0 Å². The molecule has 3 heteroatoms. The molecule has 1 rings (SSSR count). The summed E-state index contributed by atoms with van der Waals surface area (Å²) in [5.41, 5.74) is 1.20. The Morgan fingerprint density at radius 2 is 1.50 bits per heavy atom. The highest BCUT2D eigenvalue weighted by atomic mass is 32.2. The van der Waals surface area contributed by atoms with Gasteiger partial charge in [-0.05, 0) is 37.1 Å². The van der Waals surface area contributed by atoms with Crippen LogP contribution in [0.15, 0.2) is 21.9 Å². The molecule has 1 N–H and O–H groups in total. The normalized spacial score (nSPS) is 10.2. The van der Waals surface area contributed by atoms with Crippen molar-refractivity contribution in [1.82, 2.24) is 0 Å². The summed E-state index contributed by atoms with van der Waals surface area (Å²) >= 11 is 3.15. The first kappa shape index (κ1) is 9.81. The predicted octanol–water partition coefficient (Wildman–Crippen LogP) is 3.14. The van der Waals surface area contributed by atoms with E-state index in [0.717, 1.165) is 9.79 Å². The van der Waals surface area contributed by atoms with Crippen LogP contribution in [-0.4, -0.2) is 17.6 Å². The third kappa shape index (κ3) is 1.90. The molecule has 0 aliphatic carbocycles. The van der Waals surface area contributed by atoms with Crippen LogP contribution in [0.1, 0.15) is 5.56 Å². The Kier molecular flexibility index (Phi) is 3.35. The number of aromatic hydroxyl groups is 1. The topological polar surface area (TPSA) is 20.2 Å². The largest absolute Gasteiger partial charge is 0.506 e. The summed E-state index contributed by atoms with van der Waals surface area (Å²) in [6.45, 7) is 2.04. The molecule has 0 atom stereocenters. The lowest BCUT2D eigenvalue weighted by Crippen LogP contribution is -1.80. The molecule has 0 aliphatic heterocycles. The second-order valence-electron chi connectivity index (χ2n) is 2.52. The van der Waals surface area contributed by atoms with Crippen LogP contribution >= 0.6 is 23.5 Å². The summed E-state index contributed by atoms with van der Waals surface area (Å²) in [5.74, 6) is 0.417. The maximum atomic E-state index is 9.67. The Bertz CT molecular complexity index is 259. The number of rotatable bonds is 2. The van der Waals surface area contributed by atoms with Gasteiger partial charge in [0.05, 0.1) is 9.79 Å². The molecule has 0 saturated carbocycles. The zero-order valence-corrected chi connectivity index (χ0v) is 9.05. The molecular formula is C9H12OS2. The molecule has 0 heterocycles. The zero-order valence-electron chi connectivity index (χ0n) is 7.42. The molecule has 66 valence electrons. The minimum atomic E-state index is 0.417. The lowest BCUT2D eigenvalue weighted by Gasteiger charge is -2.07. The number of hydrogen-bond acceptors (Lipinski definition) is 3. The number of benzene rings is 1. The van der Waals surface area contributed by atoms with Crippen molar-refractivity contribution in [2.75, 3.05) is 12.5 Å². The van der Waals surface area contributed by atoms with E-state index >= 15 is 0 Å². The number of phenolic OH excluding ortho intramolecular Hbond substituents is 1. The fourth-order valence-corrected chi connectivity index (χ4v) is 2.30. The molecule has 0 aromatic heterocycles. The van der Waals surface area contributed by atoms with Crippen molar-refractivity contribution in [3.05, 3.63) is 17.7 Å². The highest BCUT2D eigenvalue weighted by Gasteiger charge is 2.06. The number of hydrogen-bond donors (Lipinski definition) is 1. The number of aryl methyl sites for hydroxylation is 1. The van der Waals surface area contributed by atoms with E-state index in [1.54, 1.807) is 23.5 Å². The lowest BCUT2D eigenvalue weighted by molar-refractivity contribution is 0.449. The summed E-state index contributed by atoms with van der Waals surface area (Å²) in [4.78, 5) is 1.92. The van der Waals surface area contributed by atoms with Crippen LogP contribution in [0, 0.1) is 6.92 Å². The first-order chi connectivity index (χ1) is 5.69. The molecule has 1 nitrogen and oxygen atoms in total. The van der Waals surface area contributed by atoms with Gasteiger partial charge in [0.25, 0.3) is 0 Å². The van der Waals surface area contributed by atoms with Gasteiger partial charge in [-0.1, -0.05) is 0 Å². The van der Waals surface area contributed by atoms with Crippen LogP contribution < -0.4 is 0 Å². The second-order valence-corrected chi connectivity index (χ2v) is 4.21. The molecule has 0 spiro atoms. The maximum absolute atomic E-state index is 9.67. The molecule has 0 aliphatic rings. The van der Waals surface area contributed by atoms with E-state index in [1.165, 1.54) is 5.56 Å². The summed E-state index contributed by atoms with van der Waals surface area (Å²) in [7, 11) is 0. The summed E-state index contributed by atoms with van der Waals surface area (Å²) in [5, 5.41) is 9.67. The quantitative estimate of drug-likeness (QED) is 0.741. The van der Waals surface area contributed by atoms with Crippen molar-refractivity contribution in [2.24, 2.45) is 0 Å². The fourth-order valence-electron chi connectivity index (χ4n) is 1.02. The zero-order chi connectivity index (χ0) is 9.14. The van der Waals surface area contributed by atoms with Crippen molar-refractivity contribution in [1.29, 1.82) is 0 Å². The van der Waals surface area contributed by atoms with E-state index in [1.807, 2.05) is 31.6 Å². The maximum Gasteiger partial charge on any atom is 0.142 e. The average molecular weight is 200 g/mol. The van der Waals surface area contributed by atoms with Crippen molar-refractivity contribution < 1.29 is 5.11 Å². The summed E-state index contributed by atoms with van der Waals surface area (Å²) in [6.07, 6.45) is 3.94. The van der Waals surface area contributed by atoms with Gasteiger partial charge in [0.1, 0.15) is 5.75 Å². The Balaban J connectivity index is 3.22. The monoisotopic (exact) mass is 200 g/mol. The Labute approximate surface area is 81.6 Å². The van der Waals surface area contributed by atoms with Crippen LogP contribution in [-0.2, 0) is 0 Å². The van der Waals surface area contributed by atoms with Crippen molar-refractivity contribution in [3.63, 3.8) is 0 Å². The van der Waals surface area contributed by atoms with Gasteiger partial charge in [0.2, 0.25) is 0 Å². The Hall–Kier alpha value is -0.280. The van der Waals surface area contributed by atoms with E-state index in [4.69, 9.17) is 0 Å². The van der Waals surface area contributed by atoms with Gasteiger partial charge in [0.15, 0.2) is 0 Å². The minimum Gasteiger partial charge on any atom is -0.506 e. The minimum absolute atomic E-state index is 0.417. The van der Waals surface area contributed by atoms with Crippen molar-refractivity contribution in [2.45, 2.75) is 16.7 Å². The van der Waals surface area contributed by atoms with E-state index in [-0.39, 0.29) is 0 Å². The average Bonchev–Trinajstić information content (AvgIpc) is 2.08. The van der Waals surface area contributed by atoms with E-state index in [9.17, 15) is 5.11 Å². The fraction of sp³-hybridized carbons (Fsp3) is 0.333. The van der Waals surface area contributed by atoms with E-state index in [0.29, 0.717) is 5.75 Å². The van der Waals surface area contributed by atoms with Gasteiger partial charge in [-0.15, -0.1) is 23.5 Å². The first-order valence-corrected chi connectivity index (χ1v) is 6.05. The molecule has 0 saturated heterocycles. The van der Waals surface area contributed by atoms with E-state index < -0.39 is 0 Å². The van der Waals surface area contributed by atoms with Gasteiger partial charge in [0, 0.05) is 0 Å². The van der Waals surface area contributed by atoms with Crippen LogP contribution in [0.4, 0.5) is 0 Å². The molecule has 1 aromatic rings. The second kappa shape index (κ2) is 4.10. The van der Waals surface area contributed by atoms with Gasteiger partial charge < -0.3 is 5.11 Å². The molecule has 0 fully saturated rings. The van der Waals surface area contributed by atoms with E-state index in [2.05, 4.69) is 0 Å². The highest BCUT2D eigenvalue weighted by Crippen LogP contribution is 2.36. The highest BCUT2D eigenvalue weighted by molar-refractivity contribution is 7.99. The van der Waals surface area contributed by atoms with Crippen LogP contribution in [0.25, 0.3) is 0 Å². The molecule has 1 aromatic carbocycles. The molecular weight excluding hydrogens is 188 g/mol. The van der Waals surface area contributed by atoms with Crippen LogP contribution in [0.3, 0.4) is 0 Å². The van der Waals surface area contributed by atoms with Gasteiger partial charge in [-0.25, -0.2) is 0 Å². The molecule has 0 amide bonds. The van der Waals surface area contributed by atoms with Crippen molar-refractivity contribution in [3.8, 4) is 5.75 Å². The third-order valence-corrected chi connectivity index (χ3v) is 3.13. The van der Waals surface area contributed by atoms with Gasteiger partial charge in [-0.2, -0.15) is 0 Å². The molecule has 12 heavy (non-hydrogen) atoms. The number of phenols is 1. The van der Waals surface area contributed by atoms with Crippen molar-refractivity contribution >= 4 is 23.5 Å². The SMILES string of the molecule is CSc1cc(C)cc(SC)c1O. The molecule has 0 bridgehead atoms. The number of thioether (sulfide) groups is 2. The lowest BCUT2D eigenvalue weighted by atomic mass is 10.2. The Morgan fingerprint density at radius 1 is 1.08 bits per heavy atom. The van der Waals surface area contributed by atoms with Crippen LogP contribution in [0.5, 0.6) is 5.75 Å². The summed E-state index contributed by atoms with van der Waals surface area (Å²) < 4.78 is 0.